The molecule has 1 atom stereocenters. The lowest BCUT2D eigenvalue weighted by atomic mass is 9.79. The van der Waals surface area contributed by atoms with E-state index in [-0.39, 0.29) is 11.6 Å². The van der Waals surface area contributed by atoms with Gasteiger partial charge in [0.05, 0.1) is 0 Å². The number of aryl methyl sites for hydroxylation is 1. The van der Waals surface area contributed by atoms with Gasteiger partial charge in [0, 0.05) is 12.6 Å². The van der Waals surface area contributed by atoms with Crippen molar-refractivity contribution in [2.45, 2.75) is 18.8 Å². The minimum absolute atomic E-state index is 0.00523. The van der Waals surface area contributed by atoms with Gasteiger partial charge in [-0.3, -0.25) is 14.6 Å². The van der Waals surface area contributed by atoms with Gasteiger partial charge >= 0.3 is 0 Å². The average molecular weight is 251 g/mol. The molecule has 1 aliphatic carbocycles. The lowest BCUT2D eigenvalue weighted by Gasteiger charge is -2.22. The van der Waals surface area contributed by atoms with Crippen molar-refractivity contribution in [2.24, 2.45) is 0 Å². The molecule has 3 rings (SSSR count). The number of hydrogen-bond acceptors (Lipinski definition) is 3. The maximum Gasteiger partial charge on any atom is 0.196 e. The number of carbonyl (C=O) groups is 2. The summed E-state index contributed by atoms with van der Waals surface area (Å²) in [7, 11) is 0. The van der Waals surface area contributed by atoms with E-state index >= 15 is 0 Å². The van der Waals surface area contributed by atoms with Crippen molar-refractivity contribution in [3.8, 4) is 0 Å². The highest BCUT2D eigenvalue weighted by Gasteiger charge is 2.34. The van der Waals surface area contributed by atoms with E-state index in [4.69, 9.17) is 0 Å². The molecule has 1 aromatic heterocycles. The Morgan fingerprint density at radius 3 is 2.63 bits per heavy atom. The van der Waals surface area contributed by atoms with Crippen molar-refractivity contribution in [1.82, 2.24) is 4.98 Å². The Morgan fingerprint density at radius 1 is 1.05 bits per heavy atom. The second kappa shape index (κ2) is 4.76. The van der Waals surface area contributed by atoms with Crippen LogP contribution in [0.5, 0.6) is 0 Å². The molecule has 0 radical (unpaired) electrons. The number of pyridine rings is 1. The highest BCUT2D eigenvalue weighted by atomic mass is 16.2. The van der Waals surface area contributed by atoms with E-state index in [1.807, 2.05) is 24.3 Å². The molecular weight excluding hydrogens is 238 g/mol. The Hall–Kier alpha value is -2.29. The molecule has 0 bridgehead atoms. The van der Waals surface area contributed by atoms with Crippen LogP contribution in [0.2, 0.25) is 0 Å². The van der Waals surface area contributed by atoms with Crippen molar-refractivity contribution in [3.05, 3.63) is 65.5 Å². The van der Waals surface area contributed by atoms with Crippen LogP contribution in [0, 0.1) is 0 Å². The van der Waals surface area contributed by atoms with Gasteiger partial charge in [0.25, 0.3) is 0 Å². The van der Waals surface area contributed by atoms with Crippen LogP contribution < -0.4 is 0 Å². The summed E-state index contributed by atoms with van der Waals surface area (Å²) < 4.78 is 0. The molecule has 1 heterocycles. The van der Waals surface area contributed by atoms with Crippen LogP contribution in [0.15, 0.2) is 48.7 Å². The zero-order chi connectivity index (χ0) is 13.2. The normalized spacial score (nSPS) is 17.9. The van der Waals surface area contributed by atoms with Gasteiger partial charge in [-0.05, 0) is 29.7 Å². The van der Waals surface area contributed by atoms with Crippen molar-refractivity contribution < 1.29 is 9.59 Å². The number of hydrogen-bond donors (Lipinski definition) is 0. The molecule has 0 spiro atoms. The molecule has 1 aromatic carbocycles. The number of aromatic nitrogens is 1. The monoisotopic (exact) mass is 251 g/mol. The SMILES string of the molecule is O=C1CCc2ccccc2C1C(=O)c1ccccn1. The second-order valence-corrected chi connectivity index (χ2v) is 4.68. The van der Waals surface area contributed by atoms with Crippen LogP contribution >= 0.6 is 0 Å². The first-order valence-corrected chi connectivity index (χ1v) is 6.33. The molecule has 2 aromatic rings. The molecule has 0 saturated carbocycles. The van der Waals surface area contributed by atoms with Crippen LogP contribution in [0.3, 0.4) is 0 Å². The fourth-order valence-electron chi connectivity index (χ4n) is 2.56. The number of carbonyl (C=O) groups excluding carboxylic acids is 2. The van der Waals surface area contributed by atoms with Crippen molar-refractivity contribution in [3.63, 3.8) is 0 Å². The number of rotatable bonds is 2. The minimum atomic E-state index is -0.681. The van der Waals surface area contributed by atoms with Gasteiger partial charge in [-0.25, -0.2) is 0 Å². The zero-order valence-electron chi connectivity index (χ0n) is 10.4. The summed E-state index contributed by atoms with van der Waals surface area (Å²) in [4.78, 5) is 28.7. The van der Waals surface area contributed by atoms with E-state index < -0.39 is 5.92 Å². The smallest absolute Gasteiger partial charge is 0.196 e. The van der Waals surface area contributed by atoms with Crippen molar-refractivity contribution in [1.29, 1.82) is 0 Å². The second-order valence-electron chi connectivity index (χ2n) is 4.68. The Labute approximate surface area is 111 Å². The van der Waals surface area contributed by atoms with E-state index in [2.05, 4.69) is 4.98 Å². The van der Waals surface area contributed by atoms with E-state index in [0.717, 1.165) is 17.5 Å². The first kappa shape index (κ1) is 11.8. The molecule has 0 aliphatic heterocycles. The van der Waals surface area contributed by atoms with Gasteiger partial charge in [-0.1, -0.05) is 30.3 Å². The van der Waals surface area contributed by atoms with Crippen molar-refractivity contribution >= 4 is 11.6 Å². The van der Waals surface area contributed by atoms with E-state index in [1.165, 1.54) is 0 Å². The van der Waals surface area contributed by atoms with Gasteiger partial charge in [0.1, 0.15) is 17.4 Å². The van der Waals surface area contributed by atoms with Gasteiger partial charge in [0.2, 0.25) is 0 Å². The third kappa shape index (κ3) is 2.08. The fourth-order valence-corrected chi connectivity index (χ4v) is 2.56. The maximum absolute atomic E-state index is 12.5. The molecular formula is C16H13NO2. The molecule has 1 unspecified atom stereocenters. The molecule has 94 valence electrons. The zero-order valence-corrected chi connectivity index (χ0v) is 10.4. The average Bonchev–Trinajstić information content (AvgIpc) is 2.47. The van der Waals surface area contributed by atoms with E-state index in [9.17, 15) is 9.59 Å². The summed E-state index contributed by atoms with van der Waals surface area (Å²) in [5.41, 5.74) is 2.29. The van der Waals surface area contributed by atoms with Gasteiger partial charge < -0.3 is 0 Å². The standard InChI is InChI=1S/C16H13NO2/c18-14-9-8-11-5-1-2-6-12(11)15(14)16(19)13-7-3-4-10-17-13/h1-7,10,15H,8-9H2. The predicted molar refractivity (Wildman–Crippen MR) is 71.1 cm³/mol. The van der Waals surface area contributed by atoms with Gasteiger partial charge in [0.15, 0.2) is 5.78 Å². The Morgan fingerprint density at radius 2 is 1.84 bits per heavy atom. The van der Waals surface area contributed by atoms with Crippen LogP contribution in [-0.2, 0) is 11.2 Å². The number of benzene rings is 1. The highest BCUT2D eigenvalue weighted by Crippen LogP contribution is 2.31. The Bertz CT molecular complexity index is 634. The maximum atomic E-state index is 12.5. The summed E-state index contributed by atoms with van der Waals surface area (Å²) in [6, 6.07) is 12.9. The van der Waals surface area contributed by atoms with Crippen LogP contribution in [0.25, 0.3) is 0 Å². The molecule has 3 heteroatoms. The Balaban J connectivity index is 2.05. The molecule has 19 heavy (non-hydrogen) atoms. The predicted octanol–water partition coefficient (Wildman–Crippen LogP) is 2.56. The van der Waals surface area contributed by atoms with Crippen LogP contribution in [-0.4, -0.2) is 16.6 Å². The van der Waals surface area contributed by atoms with Crippen LogP contribution in [0.4, 0.5) is 0 Å². The number of nitrogens with zero attached hydrogens (tertiary/aromatic N) is 1. The van der Waals surface area contributed by atoms with Crippen molar-refractivity contribution in [2.75, 3.05) is 0 Å². The fraction of sp³-hybridized carbons (Fsp3) is 0.188. The third-order valence-electron chi connectivity index (χ3n) is 3.51. The highest BCUT2D eigenvalue weighted by molar-refractivity contribution is 6.15. The lowest BCUT2D eigenvalue weighted by molar-refractivity contribution is -0.119. The third-order valence-corrected chi connectivity index (χ3v) is 3.51. The summed E-state index contributed by atoms with van der Waals surface area (Å²) in [6.45, 7) is 0. The molecule has 0 fully saturated rings. The van der Waals surface area contributed by atoms with E-state index in [0.29, 0.717) is 12.1 Å². The summed E-state index contributed by atoms with van der Waals surface area (Å²) in [5.74, 6) is -0.882. The summed E-state index contributed by atoms with van der Waals surface area (Å²) >= 11 is 0. The molecule has 1 aliphatic rings. The number of fused-ring (bicyclic) bond motifs is 1. The molecule has 3 nitrogen and oxygen atoms in total. The number of ketones is 2. The largest absolute Gasteiger partial charge is 0.298 e. The first-order chi connectivity index (χ1) is 9.27. The molecule has 0 saturated heterocycles. The lowest BCUT2D eigenvalue weighted by Crippen LogP contribution is -2.28. The molecule has 0 amide bonds. The topological polar surface area (TPSA) is 47.0 Å². The minimum Gasteiger partial charge on any atom is -0.298 e. The molecule has 0 N–H and O–H groups in total. The van der Waals surface area contributed by atoms with Gasteiger partial charge in [-0.2, -0.15) is 0 Å². The number of Topliss-reactive ketones (excluding diaryl/α,β-unsaturated/α-hetero) is 2. The van der Waals surface area contributed by atoms with Gasteiger partial charge in [-0.15, -0.1) is 0 Å². The van der Waals surface area contributed by atoms with E-state index in [1.54, 1.807) is 24.4 Å². The summed E-state index contributed by atoms with van der Waals surface area (Å²) in [6.07, 6.45) is 2.73. The quantitative estimate of drug-likeness (QED) is 0.608. The van der Waals surface area contributed by atoms with Crippen LogP contribution in [0.1, 0.15) is 34.0 Å². The summed E-state index contributed by atoms with van der Waals surface area (Å²) in [5, 5.41) is 0. The first-order valence-electron chi connectivity index (χ1n) is 6.33. The Kier molecular flexibility index (Phi) is 2.95.